The standard InChI is InChI=1S/C16H22N4/c1-5-20(14-8-6-7-13(4)11-14)16-17-10-9-15(19-16)18-12(2)3/h6-12H,5H2,1-4H3,(H,17,18,19). The maximum Gasteiger partial charge on any atom is 0.231 e. The monoisotopic (exact) mass is 270 g/mol. The number of hydrogen-bond donors (Lipinski definition) is 1. The predicted molar refractivity (Wildman–Crippen MR) is 84.6 cm³/mol. The molecule has 0 aliphatic heterocycles. The fourth-order valence-electron chi connectivity index (χ4n) is 2.09. The van der Waals surface area contributed by atoms with E-state index < -0.39 is 0 Å². The van der Waals surface area contributed by atoms with Gasteiger partial charge in [-0.25, -0.2) is 4.98 Å². The van der Waals surface area contributed by atoms with E-state index >= 15 is 0 Å². The van der Waals surface area contributed by atoms with Crippen LogP contribution >= 0.6 is 0 Å². The molecule has 0 saturated heterocycles. The average molecular weight is 270 g/mol. The molecular formula is C16H22N4. The van der Waals surface area contributed by atoms with Gasteiger partial charge >= 0.3 is 0 Å². The lowest BCUT2D eigenvalue weighted by Crippen LogP contribution is -2.20. The first kappa shape index (κ1) is 14.3. The van der Waals surface area contributed by atoms with E-state index in [-0.39, 0.29) is 0 Å². The highest BCUT2D eigenvalue weighted by molar-refractivity contribution is 5.59. The summed E-state index contributed by atoms with van der Waals surface area (Å²) in [6.45, 7) is 9.22. The molecule has 0 amide bonds. The molecule has 1 heterocycles. The smallest absolute Gasteiger partial charge is 0.231 e. The fraction of sp³-hybridized carbons (Fsp3) is 0.375. The minimum Gasteiger partial charge on any atom is -0.368 e. The molecule has 4 heteroatoms. The van der Waals surface area contributed by atoms with Crippen molar-refractivity contribution in [3.8, 4) is 0 Å². The Morgan fingerprint density at radius 3 is 2.70 bits per heavy atom. The van der Waals surface area contributed by atoms with E-state index in [2.05, 4.69) is 72.1 Å². The van der Waals surface area contributed by atoms with Crippen LogP contribution in [0.2, 0.25) is 0 Å². The molecule has 0 fully saturated rings. The number of aromatic nitrogens is 2. The Kier molecular flexibility index (Phi) is 4.56. The van der Waals surface area contributed by atoms with Crippen molar-refractivity contribution in [3.63, 3.8) is 0 Å². The molecule has 0 aliphatic rings. The van der Waals surface area contributed by atoms with Gasteiger partial charge in [0.2, 0.25) is 5.95 Å². The van der Waals surface area contributed by atoms with E-state index in [0.717, 1.165) is 24.0 Å². The second-order valence-corrected chi connectivity index (χ2v) is 5.12. The van der Waals surface area contributed by atoms with E-state index in [0.29, 0.717) is 6.04 Å². The zero-order valence-electron chi connectivity index (χ0n) is 12.6. The normalized spacial score (nSPS) is 10.7. The molecular weight excluding hydrogens is 248 g/mol. The Bertz CT molecular complexity index is 566. The van der Waals surface area contributed by atoms with Crippen LogP contribution in [0.15, 0.2) is 36.5 Å². The third-order valence-corrected chi connectivity index (χ3v) is 2.95. The van der Waals surface area contributed by atoms with Gasteiger partial charge in [-0.05, 0) is 51.5 Å². The zero-order valence-corrected chi connectivity index (χ0v) is 12.6. The van der Waals surface area contributed by atoms with Crippen LogP contribution in [0.4, 0.5) is 17.5 Å². The van der Waals surface area contributed by atoms with Crippen molar-refractivity contribution in [2.45, 2.75) is 33.7 Å². The number of anilines is 3. The first-order valence-corrected chi connectivity index (χ1v) is 7.04. The molecule has 1 N–H and O–H groups in total. The number of rotatable bonds is 5. The molecule has 1 aromatic carbocycles. The Hall–Kier alpha value is -2.10. The third kappa shape index (κ3) is 3.47. The number of nitrogens with zero attached hydrogens (tertiary/aromatic N) is 3. The van der Waals surface area contributed by atoms with Gasteiger partial charge in [-0.2, -0.15) is 4.98 Å². The van der Waals surface area contributed by atoms with Crippen LogP contribution in [0.5, 0.6) is 0 Å². The van der Waals surface area contributed by atoms with Crippen LogP contribution in [0.3, 0.4) is 0 Å². The van der Waals surface area contributed by atoms with Gasteiger partial charge in [-0.1, -0.05) is 12.1 Å². The van der Waals surface area contributed by atoms with E-state index in [1.54, 1.807) is 6.20 Å². The molecule has 0 saturated carbocycles. The zero-order chi connectivity index (χ0) is 14.5. The van der Waals surface area contributed by atoms with Crippen LogP contribution in [-0.2, 0) is 0 Å². The first-order valence-electron chi connectivity index (χ1n) is 7.04. The van der Waals surface area contributed by atoms with Crippen molar-refractivity contribution in [2.75, 3.05) is 16.8 Å². The molecule has 0 atom stereocenters. The summed E-state index contributed by atoms with van der Waals surface area (Å²) in [6.07, 6.45) is 1.80. The summed E-state index contributed by atoms with van der Waals surface area (Å²) in [7, 11) is 0. The molecule has 0 bridgehead atoms. The van der Waals surface area contributed by atoms with E-state index in [4.69, 9.17) is 0 Å². The highest BCUT2D eigenvalue weighted by Crippen LogP contribution is 2.23. The maximum atomic E-state index is 4.59. The summed E-state index contributed by atoms with van der Waals surface area (Å²) in [4.78, 5) is 11.1. The highest BCUT2D eigenvalue weighted by Gasteiger charge is 2.11. The fourth-order valence-corrected chi connectivity index (χ4v) is 2.09. The van der Waals surface area contributed by atoms with Gasteiger partial charge in [0.1, 0.15) is 5.82 Å². The van der Waals surface area contributed by atoms with Gasteiger partial charge in [0.15, 0.2) is 0 Å². The molecule has 1 aromatic heterocycles. The number of aryl methyl sites for hydroxylation is 1. The molecule has 0 aliphatic carbocycles. The van der Waals surface area contributed by atoms with E-state index in [1.165, 1.54) is 5.56 Å². The van der Waals surface area contributed by atoms with Crippen molar-refractivity contribution in [1.29, 1.82) is 0 Å². The van der Waals surface area contributed by atoms with E-state index in [9.17, 15) is 0 Å². The topological polar surface area (TPSA) is 41.1 Å². The minimum absolute atomic E-state index is 0.354. The van der Waals surface area contributed by atoms with Crippen molar-refractivity contribution >= 4 is 17.5 Å². The Balaban J connectivity index is 2.32. The molecule has 106 valence electrons. The van der Waals surface area contributed by atoms with Crippen LogP contribution in [-0.4, -0.2) is 22.6 Å². The summed E-state index contributed by atoms with van der Waals surface area (Å²) in [5.41, 5.74) is 2.35. The van der Waals surface area contributed by atoms with Crippen LogP contribution in [0.1, 0.15) is 26.3 Å². The van der Waals surface area contributed by atoms with Gasteiger partial charge in [-0.15, -0.1) is 0 Å². The van der Waals surface area contributed by atoms with Crippen molar-refractivity contribution < 1.29 is 0 Å². The molecule has 4 nitrogen and oxygen atoms in total. The summed E-state index contributed by atoms with van der Waals surface area (Å²) in [6, 6.07) is 10.6. The van der Waals surface area contributed by atoms with Crippen LogP contribution < -0.4 is 10.2 Å². The predicted octanol–water partition coefficient (Wildman–Crippen LogP) is 3.76. The maximum absolute atomic E-state index is 4.59. The van der Waals surface area contributed by atoms with Gasteiger partial charge in [0.05, 0.1) is 0 Å². The molecule has 0 unspecified atom stereocenters. The summed E-state index contributed by atoms with van der Waals surface area (Å²) in [5.74, 6) is 1.58. The van der Waals surface area contributed by atoms with Gasteiger partial charge in [0.25, 0.3) is 0 Å². The average Bonchev–Trinajstić information content (AvgIpc) is 2.39. The summed E-state index contributed by atoms with van der Waals surface area (Å²) < 4.78 is 0. The minimum atomic E-state index is 0.354. The molecule has 2 rings (SSSR count). The lowest BCUT2D eigenvalue weighted by molar-refractivity contribution is 0.877. The third-order valence-electron chi connectivity index (χ3n) is 2.95. The number of hydrogen-bond acceptors (Lipinski definition) is 4. The number of benzene rings is 1. The van der Waals surface area contributed by atoms with Crippen LogP contribution in [0, 0.1) is 6.92 Å². The second-order valence-electron chi connectivity index (χ2n) is 5.12. The van der Waals surface area contributed by atoms with Gasteiger partial charge in [0, 0.05) is 24.5 Å². The van der Waals surface area contributed by atoms with Crippen molar-refractivity contribution in [1.82, 2.24) is 9.97 Å². The Morgan fingerprint density at radius 1 is 1.25 bits per heavy atom. The summed E-state index contributed by atoms with van der Waals surface area (Å²) in [5, 5.41) is 3.31. The SMILES string of the molecule is CCN(c1cccc(C)c1)c1nccc(NC(C)C)n1. The second kappa shape index (κ2) is 6.37. The molecule has 2 aromatic rings. The summed E-state index contributed by atoms with van der Waals surface area (Å²) >= 11 is 0. The number of nitrogens with one attached hydrogen (secondary N) is 1. The largest absolute Gasteiger partial charge is 0.368 e. The van der Waals surface area contributed by atoms with Gasteiger partial charge < -0.3 is 10.2 Å². The van der Waals surface area contributed by atoms with Crippen LogP contribution in [0.25, 0.3) is 0 Å². The first-order chi connectivity index (χ1) is 9.60. The lowest BCUT2D eigenvalue weighted by Gasteiger charge is -2.22. The molecule has 20 heavy (non-hydrogen) atoms. The van der Waals surface area contributed by atoms with E-state index in [1.807, 2.05) is 6.07 Å². The molecule has 0 radical (unpaired) electrons. The van der Waals surface area contributed by atoms with Gasteiger partial charge in [-0.3, -0.25) is 0 Å². The Morgan fingerprint density at radius 2 is 2.05 bits per heavy atom. The quantitative estimate of drug-likeness (QED) is 0.898. The Labute approximate surface area is 120 Å². The molecule has 0 spiro atoms. The lowest BCUT2D eigenvalue weighted by atomic mass is 10.2. The van der Waals surface area contributed by atoms with Crippen molar-refractivity contribution in [3.05, 3.63) is 42.1 Å². The van der Waals surface area contributed by atoms with Crippen molar-refractivity contribution in [2.24, 2.45) is 0 Å². The highest BCUT2D eigenvalue weighted by atomic mass is 15.3.